The van der Waals surface area contributed by atoms with Crippen LogP contribution in [-0.4, -0.2) is 18.0 Å². The van der Waals surface area contributed by atoms with Crippen LogP contribution in [0.15, 0.2) is 0 Å². The molecule has 2 fully saturated rings. The standard InChI is InChI=1S/C24H36N2S2Si/c1-13(2)17-7-9-19(11-17)29(20-10-8-18(12-20)14(3)4)23-21(27-15(5)25-23)22-24(29)26-16(6)28-22/h13-14,17-20H,7-12H2,1-6H3. The minimum absolute atomic E-state index is 0.813. The lowest BCUT2D eigenvalue weighted by molar-refractivity contribution is 0.393. The summed E-state index contributed by atoms with van der Waals surface area (Å²) < 4.78 is 0. The lowest BCUT2D eigenvalue weighted by Gasteiger charge is -2.38. The van der Waals surface area contributed by atoms with Crippen LogP contribution in [0.1, 0.15) is 76.2 Å². The molecule has 5 heteroatoms. The van der Waals surface area contributed by atoms with Crippen LogP contribution in [0.25, 0.3) is 9.75 Å². The second-order valence-electron chi connectivity index (χ2n) is 10.7. The molecule has 0 bridgehead atoms. The molecule has 5 rings (SSSR count). The second-order valence-corrected chi connectivity index (χ2v) is 17.4. The Morgan fingerprint density at radius 2 is 1.14 bits per heavy atom. The van der Waals surface area contributed by atoms with Gasteiger partial charge >= 0.3 is 0 Å². The van der Waals surface area contributed by atoms with Crippen molar-refractivity contribution in [2.24, 2.45) is 23.7 Å². The molecule has 29 heavy (non-hydrogen) atoms. The molecule has 0 amide bonds. The van der Waals surface area contributed by atoms with E-state index in [1.165, 1.54) is 58.3 Å². The zero-order chi connectivity index (χ0) is 20.5. The van der Waals surface area contributed by atoms with Crippen LogP contribution in [0.4, 0.5) is 0 Å². The predicted molar refractivity (Wildman–Crippen MR) is 130 cm³/mol. The number of hydrogen-bond donors (Lipinski definition) is 0. The van der Waals surface area contributed by atoms with Crippen molar-refractivity contribution in [2.75, 3.05) is 0 Å². The van der Waals surface area contributed by atoms with E-state index in [9.17, 15) is 0 Å². The molecule has 0 radical (unpaired) electrons. The zero-order valence-electron chi connectivity index (χ0n) is 18.9. The van der Waals surface area contributed by atoms with E-state index in [0.717, 1.165) is 34.8 Å². The van der Waals surface area contributed by atoms with Crippen molar-refractivity contribution in [3.05, 3.63) is 10.0 Å². The smallest absolute Gasteiger partial charge is 0.174 e. The van der Waals surface area contributed by atoms with Gasteiger partial charge in [-0.15, -0.1) is 22.7 Å². The summed E-state index contributed by atoms with van der Waals surface area (Å²) in [6, 6.07) is 0. The minimum Gasteiger partial charge on any atom is -0.250 e. The fourth-order valence-electron chi connectivity index (χ4n) is 7.01. The van der Waals surface area contributed by atoms with Gasteiger partial charge < -0.3 is 0 Å². The summed E-state index contributed by atoms with van der Waals surface area (Å²) in [5, 5.41) is 5.72. The Labute approximate surface area is 185 Å². The van der Waals surface area contributed by atoms with Gasteiger partial charge in [-0.1, -0.05) is 53.4 Å². The quantitative estimate of drug-likeness (QED) is 0.509. The number of aromatic nitrogens is 2. The van der Waals surface area contributed by atoms with E-state index in [4.69, 9.17) is 9.97 Å². The van der Waals surface area contributed by atoms with E-state index in [-0.39, 0.29) is 0 Å². The summed E-state index contributed by atoms with van der Waals surface area (Å²) in [5.74, 6) is 3.43. The number of rotatable bonds is 4. The van der Waals surface area contributed by atoms with Gasteiger partial charge in [0, 0.05) is 0 Å². The maximum absolute atomic E-state index is 5.34. The molecule has 0 saturated heterocycles. The van der Waals surface area contributed by atoms with Crippen molar-refractivity contribution >= 4 is 41.4 Å². The third kappa shape index (κ3) is 2.97. The van der Waals surface area contributed by atoms with Gasteiger partial charge in [-0.3, -0.25) is 9.97 Å². The highest BCUT2D eigenvalue weighted by molar-refractivity contribution is 7.28. The topological polar surface area (TPSA) is 25.8 Å². The summed E-state index contributed by atoms with van der Waals surface area (Å²) in [4.78, 5) is 13.8. The van der Waals surface area contributed by atoms with Crippen LogP contribution >= 0.6 is 22.7 Å². The van der Waals surface area contributed by atoms with E-state index in [1.807, 2.05) is 22.7 Å². The predicted octanol–water partition coefficient (Wildman–Crippen LogP) is 6.41. The van der Waals surface area contributed by atoms with E-state index in [0.29, 0.717) is 0 Å². The maximum Gasteiger partial charge on any atom is 0.174 e. The zero-order valence-corrected chi connectivity index (χ0v) is 21.6. The Morgan fingerprint density at radius 3 is 1.48 bits per heavy atom. The van der Waals surface area contributed by atoms with E-state index < -0.39 is 8.07 Å². The van der Waals surface area contributed by atoms with Crippen LogP contribution in [-0.2, 0) is 0 Å². The van der Waals surface area contributed by atoms with Crippen LogP contribution < -0.4 is 10.6 Å². The van der Waals surface area contributed by atoms with Gasteiger partial charge in [0.05, 0.1) is 30.4 Å². The number of nitrogens with zero attached hydrogens (tertiary/aromatic N) is 2. The van der Waals surface area contributed by atoms with Gasteiger partial charge in [0.2, 0.25) is 0 Å². The Hall–Kier alpha value is -0.523. The number of fused-ring (bicyclic) bond motifs is 3. The van der Waals surface area contributed by atoms with Crippen LogP contribution in [0.2, 0.25) is 11.1 Å². The van der Waals surface area contributed by atoms with E-state index in [1.54, 1.807) is 10.6 Å². The highest BCUT2D eigenvalue weighted by Gasteiger charge is 2.62. The van der Waals surface area contributed by atoms with Crippen molar-refractivity contribution in [3.63, 3.8) is 0 Å². The van der Waals surface area contributed by atoms with Gasteiger partial charge in [0.25, 0.3) is 0 Å². The van der Waals surface area contributed by atoms with Gasteiger partial charge in [-0.2, -0.15) is 0 Å². The molecule has 4 atom stereocenters. The average Bonchev–Trinajstić information content (AvgIpc) is 3.42. The molecule has 2 aromatic rings. The molecular formula is C24H36N2S2Si. The van der Waals surface area contributed by atoms with Crippen LogP contribution in [0.5, 0.6) is 0 Å². The average molecular weight is 445 g/mol. The molecule has 2 saturated carbocycles. The third-order valence-corrected chi connectivity index (χ3v) is 17.0. The molecular weight excluding hydrogens is 408 g/mol. The van der Waals surface area contributed by atoms with E-state index >= 15 is 0 Å². The Morgan fingerprint density at radius 1 is 0.724 bits per heavy atom. The molecule has 0 aromatic carbocycles. The molecule has 158 valence electrons. The van der Waals surface area contributed by atoms with Crippen molar-refractivity contribution < 1.29 is 0 Å². The van der Waals surface area contributed by atoms with Gasteiger partial charge in [0.15, 0.2) is 8.07 Å². The Bertz CT molecular complexity index is 838. The molecule has 2 aliphatic carbocycles. The lowest BCUT2D eigenvalue weighted by Crippen LogP contribution is -2.63. The molecule has 3 heterocycles. The Balaban J connectivity index is 1.67. The Kier molecular flexibility index (Phi) is 5.11. The normalized spacial score (nSPS) is 30.5. The molecule has 2 nitrogen and oxygen atoms in total. The van der Waals surface area contributed by atoms with Gasteiger partial charge in [0.1, 0.15) is 0 Å². The molecule has 3 aliphatic rings. The largest absolute Gasteiger partial charge is 0.250 e. The summed E-state index contributed by atoms with van der Waals surface area (Å²) in [7, 11) is -1.94. The van der Waals surface area contributed by atoms with Crippen molar-refractivity contribution in [2.45, 2.75) is 91.1 Å². The molecule has 0 N–H and O–H groups in total. The van der Waals surface area contributed by atoms with Gasteiger partial charge in [-0.25, -0.2) is 0 Å². The van der Waals surface area contributed by atoms with Crippen molar-refractivity contribution in [3.8, 4) is 9.75 Å². The highest BCUT2D eigenvalue weighted by atomic mass is 32.1. The first-order valence-electron chi connectivity index (χ1n) is 11.8. The first-order valence-corrected chi connectivity index (χ1v) is 15.6. The van der Waals surface area contributed by atoms with Crippen LogP contribution in [0.3, 0.4) is 0 Å². The molecule has 2 aromatic heterocycles. The fraction of sp³-hybridized carbons (Fsp3) is 0.750. The first-order chi connectivity index (χ1) is 13.8. The molecule has 1 aliphatic heterocycles. The number of thiazole rings is 2. The number of hydrogen-bond acceptors (Lipinski definition) is 4. The van der Waals surface area contributed by atoms with Crippen molar-refractivity contribution in [1.82, 2.24) is 9.97 Å². The molecule has 0 spiro atoms. The lowest BCUT2D eigenvalue weighted by atomic mass is 9.95. The summed E-state index contributed by atoms with van der Waals surface area (Å²) in [6.45, 7) is 14.2. The third-order valence-electron chi connectivity index (χ3n) is 8.58. The second kappa shape index (κ2) is 7.27. The van der Waals surface area contributed by atoms with E-state index in [2.05, 4.69) is 41.5 Å². The van der Waals surface area contributed by atoms with Crippen LogP contribution in [0, 0.1) is 37.5 Å². The summed E-state index contributed by atoms with van der Waals surface area (Å²) in [6.07, 6.45) is 8.55. The highest BCUT2D eigenvalue weighted by Crippen LogP contribution is 2.57. The molecule has 4 unspecified atom stereocenters. The summed E-state index contributed by atoms with van der Waals surface area (Å²) in [5.41, 5.74) is 1.71. The maximum atomic E-state index is 5.34. The summed E-state index contributed by atoms with van der Waals surface area (Å²) >= 11 is 3.92. The van der Waals surface area contributed by atoms with Crippen molar-refractivity contribution in [1.29, 1.82) is 0 Å². The van der Waals surface area contributed by atoms with Gasteiger partial charge in [-0.05, 0) is 61.4 Å². The monoisotopic (exact) mass is 444 g/mol. The fourth-order valence-corrected chi connectivity index (χ4v) is 17.2. The first kappa shape index (κ1) is 20.4. The number of aryl methyl sites for hydroxylation is 2. The minimum atomic E-state index is -1.94. The SMILES string of the molecule is Cc1nc2c(s1)-c1sc(C)nc1[Si]2(C1CCC(C(C)C)C1)C1CCC(C(C)C)C1.